The first kappa shape index (κ1) is 22.2. The molecule has 0 saturated carbocycles. The molecular weight excluding hydrogens is 476 g/mol. The predicted octanol–water partition coefficient (Wildman–Crippen LogP) is 5.36. The molecular formula is C21H24BrClN2O3S. The number of halogens is 2. The number of hydrogen-bond acceptors (Lipinski definition) is 4. The van der Waals surface area contributed by atoms with Gasteiger partial charge in [0.15, 0.2) is 0 Å². The van der Waals surface area contributed by atoms with Gasteiger partial charge in [-0.05, 0) is 65.8 Å². The van der Waals surface area contributed by atoms with E-state index in [0.29, 0.717) is 45.2 Å². The van der Waals surface area contributed by atoms with Gasteiger partial charge >= 0.3 is 0 Å². The van der Waals surface area contributed by atoms with Crippen molar-refractivity contribution >= 4 is 48.5 Å². The van der Waals surface area contributed by atoms with E-state index in [1.807, 2.05) is 31.1 Å². The van der Waals surface area contributed by atoms with Crippen molar-refractivity contribution < 1.29 is 13.2 Å². The van der Waals surface area contributed by atoms with Gasteiger partial charge in [-0.25, -0.2) is 12.4 Å². The molecule has 0 atom stereocenters. The second-order valence-electron chi connectivity index (χ2n) is 7.45. The van der Waals surface area contributed by atoms with Crippen LogP contribution in [0.15, 0.2) is 52.0 Å². The van der Waals surface area contributed by atoms with Crippen LogP contribution in [0.3, 0.4) is 0 Å². The Labute approximate surface area is 185 Å². The Morgan fingerprint density at radius 1 is 1.17 bits per heavy atom. The molecule has 0 N–H and O–H groups in total. The summed E-state index contributed by atoms with van der Waals surface area (Å²) in [6.45, 7) is 5.28. The molecule has 0 bridgehead atoms. The quantitative estimate of drug-likeness (QED) is 0.439. The van der Waals surface area contributed by atoms with Crippen LogP contribution >= 0.6 is 27.5 Å². The lowest BCUT2D eigenvalue weighted by molar-refractivity contribution is 0.263. The molecule has 0 aliphatic rings. The molecule has 3 rings (SSSR count). The number of benzene rings is 2. The van der Waals surface area contributed by atoms with E-state index in [0.717, 1.165) is 5.56 Å². The van der Waals surface area contributed by atoms with E-state index in [1.165, 1.54) is 10.2 Å². The third-order valence-electron chi connectivity index (χ3n) is 4.65. The zero-order chi connectivity index (χ0) is 21.3. The molecule has 0 radical (unpaired) electrons. The predicted molar refractivity (Wildman–Crippen MR) is 122 cm³/mol. The highest BCUT2D eigenvalue weighted by Crippen LogP contribution is 2.38. The van der Waals surface area contributed by atoms with Gasteiger partial charge in [-0.15, -0.1) is 0 Å². The van der Waals surface area contributed by atoms with Crippen LogP contribution in [-0.2, 0) is 10.0 Å². The molecule has 0 aliphatic carbocycles. The Balaban J connectivity index is 2.12. The second-order valence-corrected chi connectivity index (χ2v) is 10.6. The standard InChI is InChI=1S/C21H24BrClN2O3S/c1-14(2)15-5-7-17(8-6-15)29(26,27)25-13-20(28-10-9-24(3)4)18-11-16(23)12-19(22)21(18)25/h5-8,11-14H,9-10H2,1-4H3. The lowest BCUT2D eigenvalue weighted by atomic mass is 10.0. The number of nitrogens with zero attached hydrogens (tertiary/aromatic N) is 2. The minimum absolute atomic E-state index is 0.223. The van der Waals surface area contributed by atoms with Crippen LogP contribution < -0.4 is 4.74 Å². The van der Waals surface area contributed by atoms with E-state index >= 15 is 0 Å². The first-order chi connectivity index (χ1) is 13.6. The van der Waals surface area contributed by atoms with Crippen molar-refractivity contribution in [3.63, 3.8) is 0 Å². The Hall–Kier alpha value is -1.54. The van der Waals surface area contributed by atoms with Crippen molar-refractivity contribution in [1.82, 2.24) is 8.87 Å². The summed E-state index contributed by atoms with van der Waals surface area (Å²) in [5.74, 6) is 0.805. The van der Waals surface area contributed by atoms with Crippen LogP contribution in [0.1, 0.15) is 25.3 Å². The maximum absolute atomic E-state index is 13.4. The average Bonchev–Trinajstić information content (AvgIpc) is 3.01. The molecule has 0 aliphatic heterocycles. The van der Waals surface area contributed by atoms with Crippen LogP contribution in [0.5, 0.6) is 5.75 Å². The van der Waals surface area contributed by atoms with Crippen LogP contribution in [-0.4, -0.2) is 44.5 Å². The topological polar surface area (TPSA) is 51.5 Å². The lowest BCUT2D eigenvalue weighted by Gasteiger charge is -2.10. The van der Waals surface area contributed by atoms with Crippen molar-refractivity contribution in [2.75, 3.05) is 27.2 Å². The van der Waals surface area contributed by atoms with Gasteiger partial charge < -0.3 is 9.64 Å². The molecule has 3 aromatic rings. The van der Waals surface area contributed by atoms with Gasteiger partial charge in [0.05, 0.1) is 16.6 Å². The maximum atomic E-state index is 13.4. The van der Waals surface area contributed by atoms with Crippen molar-refractivity contribution in [2.45, 2.75) is 24.7 Å². The molecule has 0 fully saturated rings. The van der Waals surface area contributed by atoms with Crippen molar-refractivity contribution in [2.24, 2.45) is 0 Å². The molecule has 2 aromatic carbocycles. The van der Waals surface area contributed by atoms with Gasteiger partial charge in [0, 0.05) is 21.4 Å². The summed E-state index contributed by atoms with van der Waals surface area (Å²) < 4.78 is 34.6. The van der Waals surface area contributed by atoms with Crippen LogP contribution in [0.25, 0.3) is 10.9 Å². The van der Waals surface area contributed by atoms with Gasteiger partial charge in [-0.3, -0.25) is 0 Å². The number of aromatic nitrogens is 1. The fourth-order valence-electron chi connectivity index (χ4n) is 3.00. The molecule has 1 heterocycles. The van der Waals surface area contributed by atoms with Crippen LogP contribution in [0.2, 0.25) is 5.02 Å². The number of likely N-dealkylation sites (N-methyl/N-ethyl adjacent to an activating group) is 1. The fraction of sp³-hybridized carbons (Fsp3) is 0.333. The van der Waals surface area contributed by atoms with E-state index in [-0.39, 0.29) is 4.90 Å². The van der Waals surface area contributed by atoms with Crippen molar-refractivity contribution in [1.29, 1.82) is 0 Å². The Morgan fingerprint density at radius 2 is 1.83 bits per heavy atom. The average molecular weight is 500 g/mol. The molecule has 0 saturated heterocycles. The van der Waals surface area contributed by atoms with Crippen molar-refractivity contribution in [3.8, 4) is 5.75 Å². The monoisotopic (exact) mass is 498 g/mol. The Morgan fingerprint density at radius 3 is 2.41 bits per heavy atom. The highest BCUT2D eigenvalue weighted by atomic mass is 79.9. The first-order valence-corrected chi connectivity index (χ1v) is 11.9. The normalized spacial score (nSPS) is 12.3. The van der Waals surface area contributed by atoms with E-state index < -0.39 is 10.0 Å². The molecule has 5 nitrogen and oxygen atoms in total. The number of rotatable bonds is 7. The van der Waals surface area contributed by atoms with Crippen LogP contribution in [0.4, 0.5) is 0 Å². The maximum Gasteiger partial charge on any atom is 0.268 e. The lowest BCUT2D eigenvalue weighted by Crippen LogP contribution is -2.19. The van der Waals surface area contributed by atoms with Gasteiger partial charge in [0.1, 0.15) is 12.4 Å². The smallest absolute Gasteiger partial charge is 0.268 e. The molecule has 1 aromatic heterocycles. The third kappa shape index (κ3) is 4.63. The highest BCUT2D eigenvalue weighted by Gasteiger charge is 2.24. The summed E-state index contributed by atoms with van der Waals surface area (Å²) >= 11 is 9.68. The number of ether oxygens (including phenoxy) is 1. The van der Waals surface area contributed by atoms with Gasteiger partial charge in [-0.1, -0.05) is 37.6 Å². The molecule has 8 heteroatoms. The largest absolute Gasteiger partial charge is 0.490 e. The summed E-state index contributed by atoms with van der Waals surface area (Å²) in [5, 5.41) is 1.14. The summed E-state index contributed by atoms with van der Waals surface area (Å²) in [7, 11) is 0.0888. The summed E-state index contributed by atoms with van der Waals surface area (Å²) in [4.78, 5) is 2.22. The minimum atomic E-state index is -3.81. The van der Waals surface area contributed by atoms with Gasteiger partial charge in [0.2, 0.25) is 0 Å². The fourth-order valence-corrected chi connectivity index (χ4v) is 5.50. The molecule has 0 amide bonds. The van der Waals surface area contributed by atoms with Gasteiger partial charge in [0.25, 0.3) is 10.0 Å². The summed E-state index contributed by atoms with van der Waals surface area (Å²) in [6.07, 6.45) is 1.52. The van der Waals surface area contributed by atoms with Gasteiger partial charge in [-0.2, -0.15) is 0 Å². The Bertz CT molecular complexity index is 1120. The number of fused-ring (bicyclic) bond motifs is 1. The van der Waals surface area contributed by atoms with Crippen LogP contribution in [0, 0.1) is 0 Å². The Kier molecular flexibility index (Phi) is 6.63. The molecule has 0 spiro atoms. The van der Waals surface area contributed by atoms with Crippen molar-refractivity contribution in [3.05, 3.63) is 57.7 Å². The summed E-state index contributed by atoms with van der Waals surface area (Å²) in [6, 6.07) is 10.4. The van der Waals surface area contributed by atoms with E-state index in [2.05, 4.69) is 29.8 Å². The molecule has 156 valence electrons. The zero-order valence-electron chi connectivity index (χ0n) is 16.8. The zero-order valence-corrected chi connectivity index (χ0v) is 20.0. The van der Waals surface area contributed by atoms with E-state index in [4.69, 9.17) is 16.3 Å². The van der Waals surface area contributed by atoms with E-state index in [9.17, 15) is 8.42 Å². The molecule has 0 unspecified atom stereocenters. The summed E-state index contributed by atoms with van der Waals surface area (Å²) in [5.41, 5.74) is 1.59. The minimum Gasteiger partial charge on any atom is -0.490 e. The van der Waals surface area contributed by atoms with E-state index in [1.54, 1.807) is 24.3 Å². The second kappa shape index (κ2) is 8.68. The first-order valence-electron chi connectivity index (χ1n) is 9.24. The number of hydrogen-bond donors (Lipinski definition) is 0. The molecule has 29 heavy (non-hydrogen) atoms. The highest BCUT2D eigenvalue weighted by molar-refractivity contribution is 9.10. The SMILES string of the molecule is CC(C)c1ccc(S(=O)(=O)n2cc(OCCN(C)C)c3cc(Cl)cc(Br)c32)cc1. The third-order valence-corrected chi connectivity index (χ3v) is 7.14.